The molecule has 4 nitrogen and oxygen atoms in total. The van der Waals surface area contributed by atoms with Gasteiger partial charge in [0, 0.05) is 0 Å². The molecule has 4 heteroatoms. The molecule has 0 radical (unpaired) electrons. The molecule has 0 saturated heterocycles. The van der Waals surface area contributed by atoms with Crippen LogP contribution in [0.2, 0.25) is 0 Å². The van der Waals surface area contributed by atoms with Gasteiger partial charge in [0.05, 0.1) is 17.0 Å². The Morgan fingerprint density at radius 1 is 0.926 bits per heavy atom. The van der Waals surface area contributed by atoms with Crippen LogP contribution in [0.15, 0.2) is 84.0 Å². The molecule has 2 aliphatic heterocycles. The van der Waals surface area contributed by atoms with E-state index in [0.717, 1.165) is 22.5 Å². The number of nitrogens with zero attached hydrogens (tertiary/aromatic N) is 2. The highest BCUT2D eigenvalue weighted by Crippen LogP contribution is 2.40. The van der Waals surface area contributed by atoms with E-state index in [9.17, 15) is 4.79 Å². The van der Waals surface area contributed by atoms with Gasteiger partial charge in [-0.1, -0.05) is 60.2 Å². The Morgan fingerprint density at radius 2 is 1.63 bits per heavy atom. The molecule has 132 valence electrons. The highest BCUT2D eigenvalue weighted by molar-refractivity contribution is 6.21. The first-order chi connectivity index (χ1) is 13.2. The summed E-state index contributed by atoms with van der Waals surface area (Å²) in [6.45, 7) is 1.98. The maximum absolute atomic E-state index is 13.4. The van der Waals surface area contributed by atoms with Gasteiger partial charge in [-0.15, -0.1) is 0 Å². The lowest BCUT2D eigenvalue weighted by molar-refractivity contribution is 0.0787. The maximum atomic E-state index is 13.4. The van der Waals surface area contributed by atoms with Crippen LogP contribution in [-0.4, -0.2) is 17.7 Å². The molecule has 27 heavy (non-hydrogen) atoms. The van der Waals surface area contributed by atoms with Gasteiger partial charge in [-0.2, -0.15) is 5.10 Å². The number of hydrogen-bond donors (Lipinski definition) is 0. The largest absolute Gasteiger partial charge is 0.467 e. The fourth-order valence-electron chi connectivity index (χ4n) is 3.75. The van der Waals surface area contributed by atoms with Crippen molar-refractivity contribution in [1.82, 2.24) is 0 Å². The van der Waals surface area contributed by atoms with Crippen LogP contribution in [0.4, 0.5) is 5.69 Å². The van der Waals surface area contributed by atoms with Gasteiger partial charge in [0.1, 0.15) is 11.7 Å². The van der Waals surface area contributed by atoms with Crippen molar-refractivity contribution in [2.75, 3.05) is 5.01 Å². The van der Waals surface area contributed by atoms with E-state index in [0.29, 0.717) is 11.3 Å². The molecule has 2 heterocycles. The molecule has 0 bridgehead atoms. The Morgan fingerprint density at radius 3 is 2.37 bits per heavy atom. The number of carbonyl (C=O) groups excluding carboxylic acids is 1. The molecule has 2 unspecified atom stereocenters. The Balaban J connectivity index is 1.67. The molecular weight excluding hydrogens is 336 g/mol. The lowest BCUT2D eigenvalue weighted by atomic mass is 9.86. The van der Waals surface area contributed by atoms with Crippen molar-refractivity contribution in [2.24, 2.45) is 11.0 Å². The van der Waals surface area contributed by atoms with E-state index in [-0.39, 0.29) is 5.78 Å². The Kier molecular flexibility index (Phi) is 3.57. The second-order valence-electron chi connectivity index (χ2n) is 6.88. The highest BCUT2D eigenvalue weighted by atomic mass is 16.5. The van der Waals surface area contributed by atoms with Gasteiger partial charge in [-0.3, -0.25) is 4.79 Å². The Labute approximate surface area is 157 Å². The number of Topliss-reactive ketones (excluding diaryl/α,β-unsaturated/α-hetero) is 1. The molecule has 5 rings (SSSR count). The second-order valence-corrected chi connectivity index (χ2v) is 6.88. The number of rotatable bonds is 2. The zero-order valence-corrected chi connectivity index (χ0v) is 14.9. The first-order valence-corrected chi connectivity index (χ1v) is 9.02. The molecule has 0 saturated carbocycles. The molecular formula is C23H18N2O2. The smallest absolute Gasteiger partial charge is 0.207 e. The quantitative estimate of drug-likeness (QED) is 0.683. The van der Waals surface area contributed by atoms with Crippen LogP contribution in [0.1, 0.15) is 21.5 Å². The lowest BCUT2D eigenvalue weighted by Gasteiger charge is -2.32. The summed E-state index contributed by atoms with van der Waals surface area (Å²) in [6.07, 6.45) is -0.481. The number of aryl methyl sites for hydroxylation is 1. The van der Waals surface area contributed by atoms with Gasteiger partial charge in [-0.05, 0) is 36.8 Å². The number of ketones is 1. The Hall–Kier alpha value is -3.40. The number of ether oxygens (including phenoxy) is 1. The third kappa shape index (κ3) is 2.53. The summed E-state index contributed by atoms with van der Waals surface area (Å²) in [7, 11) is 0. The summed E-state index contributed by atoms with van der Waals surface area (Å²) < 4.78 is 6.29. The molecule has 2 atom stereocenters. The SMILES string of the molecule is Cc1ccc2c(c1)C(=O)C1C(c3ccccc3)=NN(c3ccccc3)C1O2. The van der Waals surface area contributed by atoms with Crippen molar-refractivity contribution in [1.29, 1.82) is 0 Å². The van der Waals surface area contributed by atoms with Gasteiger partial charge in [0.2, 0.25) is 6.23 Å². The van der Waals surface area contributed by atoms with E-state index in [1.807, 2.05) is 90.8 Å². The summed E-state index contributed by atoms with van der Waals surface area (Å²) in [5.74, 6) is 0.227. The maximum Gasteiger partial charge on any atom is 0.207 e. The van der Waals surface area contributed by atoms with E-state index < -0.39 is 12.1 Å². The van der Waals surface area contributed by atoms with E-state index in [1.54, 1.807) is 0 Å². The van der Waals surface area contributed by atoms with Crippen LogP contribution in [0.5, 0.6) is 5.75 Å². The van der Waals surface area contributed by atoms with Crippen LogP contribution in [0.25, 0.3) is 0 Å². The third-order valence-corrected chi connectivity index (χ3v) is 5.06. The van der Waals surface area contributed by atoms with Crippen molar-refractivity contribution in [3.8, 4) is 5.75 Å². The first kappa shape index (κ1) is 15.8. The average Bonchev–Trinajstić information content (AvgIpc) is 3.10. The van der Waals surface area contributed by atoms with Crippen molar-refractivity contribution >= 4 is 17.2 Å². The molecule has 0 fully saturated rings. The van der Waals surface area contributed by atoms with Crippen LogP contribution in [-0.2, 0) is 0 Å². The fraction of sp³-hybridized carbons (Fsp3) is 0.130. The van der Waals surface area contributed by atoms with Gasteiger partial charge in [0.15, 0.2) is 5.78 Å². The zero-order valence-electron chi connectivity index (χ0n) is 14.9. The van der Waals surface area contributed by atoms with Gasteiger partial charge < -0.3 is 4.74 Å². The van der Waals surface area contributed by atoms with Gasteiger partial charge in [-0.25, -0.2) is 5.01 Å². The van der Waals surface area contributed by atoms with Crippen molar-refractivity contribution in [2.45, 2.75) is 13.2 Å². The molecule has 0 spiro atoms. The monoisotopic (exact) mass is 354 g/mol. The topological polar surface area (TPSA) is 41.9 Å². The summed E-state index contributed by atoms with van der Waals surface area (Å²) in [4.78, 5) is 13.4. The standard InChI is InChI=1S/C23H18N2O2/c1-15-12-13-19-18(14-15)22(26)20-21(16-8-4-2-5-9-16)24-25(23(20)27-19)17-10-6-3-7-11-17/h2-14,20,23H,1H3. The summed E-state index contributed by atoms with van der Waals surface area (Å²) >= 11 is 0. The molecule has 3 aromatic carbocycles. The van der Waals surface area contributed by atoms with E-state index in [1.165, 1.54) is 0 Å². The number of hydrazone groups is 1. The second kappa shape index (κ2) is 6.09. The van der Waals surface area contributed by atoms with Crippen LogP contribution < -0.4 is 9.75 Å². The van der Waals surface area contributed by atoms with Gasteiger partial charge in [0.25, 0.3) is 0 Å². The minimum absolute atomic E-state index is 0.0611. The minimum atomic E-state index is -0.481. The van der Waals surface area contributed by atoms with Crippen LogP contribution in [0.3, 0.4) is 0 Å². The molecule has 3 aromatic rings. The highest BCUT2D eigenvalue weighted by Gasteiger charge is 2.48. The molecule has 0 aliphatic carbocycles. The lowest BCUT2D eigenvalue weighted by Crippen LogP contribution is -2.45. The van der Waals surface area contributed by atoms with E-state index >= 15 is 0 Å². The number of benzene rings is 3. The first-order valence-electron chi connectivity index (χ1n) is 9.02. The van der Waals surface area contributed by atoms with Crippen molar-refractivity contribution in [3.05, 3.63) is 95.6 Å². The molecule has 0 N–H and O–H groups in total. The number of para-hydroxylation sites is 1. The summed E-state index contributed by atoms with van der Waals surface area (Å²) in [6, 6.07) is 25.5. The molecule has 0 amide bonds. The zero-order chi connectivity index (χ0) is 18.4. The van der Waals surface area contributed by atoms with E-state index in [4.69, 9.17) is 9.84 Å². The summed E-state index contributed by atoms with van der Waals surface area (Å²) in [5.41, 5.74) is 4.28. The average molecular weight is 354 g/mol. The van der Waals surface area contributed by atoms with Gasteiger partial charge >= 0.3 is 0 Å². The predicted molar refractivity (Wildman–Crippen MR) is 105 cm³/mol. The normalized spacial score (nSPS) is 20.6. The summed E-state index contributed by atoms with van der Waals surface area (Å²) in [5, 5.41) is 6.66. The third-order valence-electron chi connectivity index (χ3n) is 5.06. The van der Waals surface area contributed by atoms with E-state index in [2.05, 4.69) is 0 Å². The predicted octanol–water partition coefficient (Wildman–Crippen LogP) is 4.44. The Bertz CT molecular complexity index is 1040. The van der Waals surface area contributed by atoms with Crippen LogP contribution in [0, 0.1) is 12.8 Å². The van der Waals surface area contributed by atoms with Crippen LogP contribution >= 0.6 is 0 Å². The number of fused-ring (bicyclic) bond motifs is 2. The number of hydrogen-bond acceptors (Lipinski definition) is 4. The van der Waals surface area contributed by atoms with Crippen molar-refractivity contribution < 1.29 is 9.53 Å². The fourth-order valence-corrected chi connectivity index (χ4v) is 3.75. The molecule has 0 aromatic heterocycles. The minimum Gasteiger partial charge on any atom is -0.467 e. The number of carbonyl (C=O) groups is 1. The van der Waals surface area contributed by atoms with Crippen molar-refractivity contribution in [3.63, 3.8) is 0 Å². The number of anilines is 1. The molecule has 2 aliphatic rings.